The lowest BCUT2D eigenvalue weighted by molar-refractivity contribution is -0.115. The van der Waals surface area contributed by atoms with Crippen LogP contribution in [-0.2, 0) is 9.59 Å². The van der Waals surface area contributed by atoms with Crippen LogP contribution < -0.4 is 0 Å². The monoisotopic (exact) mass is 190 g/mol. The van der Waals surface area contributed by atoms with E-state index >= 15 is 0 Å². The van der Waals surface area contributed by atoms with Gasteiger partial charge in [-0.2, -0.15) is 0 Å². The summed E-state index contributed by atoms with van der Waals surface area (Å²) in [6.45, 7) is 8.96. The molecule has 0 amide bonds. The predicted octanol–water partition coefficient (Wildman–Crippen LogP) is 2.37. The van der Waals surface area contributed by atoms with Crippen molar-refractivity contribution in [1.29, 1.82) is 0 Å². The van der Waals surface area contributed by atoms with E-state index in [9.17, 15) is 9.59 Å². The average Bonchev–Trinajstić information content (AvgIpc) is 2.10. The summed E-state index contributed by atoms with van der Waals surface area (Å²) in [5.41, 5.74) is 2.57. The number of allylic oxidation sites excluding steroid dienone is 5. The Morgan fingerprint density at radius 1 is 1.29 bits per heavy atom. The van der Waals surface area contributed by atoms with Gasteiger partial charge in [0.15, 0.2) is 11.6 Å². The minimum absolute atomic E-state index is 0.0231. The van der Waals surface area contributed by atoms with Crippen LogP contribution in [0.25, 0.3) is 0 Å². The first-order valence-corrected chi connectivity index (χ1v) is 4.55. The van der Waals surface area contributed by atoms with E-state index in [0.29, 0.717) is 23.1 Å². The van der Waals surface area contributed by atoms with Crippen LogP contribution in [0.2, 0.25) is 0 Å². The molecule has 0 bridgehead atoms. The minimum atomic E-state index is -0.0571. The van der Waals surface area contributed by atoms with Crippen LogP contribution in [0.1, 0.15) is 27.2 Å². The summed E-state index contributed by atoms with van der Waals surface area (Å²) in [6.07, 6.45) is 1.93. The second-order valence-corrected chi connectivity index (χ2v) is 3.75. The first kappa shape index (κ1) is 10.6. The Bertz CT molecular complexity index is 381. The molecule has 0 unspecified atom stereocenters. The molecule has 0 spiro atoms. The van der Waals surface area contributed by atoms with Gasteiger partial charge in [0, 0.05) is 16.7 Å². The smallest absolute Gasteiger partial charge is 0.185 e. The Labute approximate surface area is 84.0 Å². The van der Waals surface area contributed by atoms with E-state index in [-0.39, 0.29) is 11.6 Å². The maximum Gasteiger partial charge on any atom is 0.185 e. The number of ketones is 2. The van der Waals surface area contributed by atoms with Crippen LogP contribution in [0.5, 0.6) is 0 Å². The highest BCUT2D eigenvalue weighted by molar-refractivity contribution is 6.22. The minimum Gasteiger partial charge on any atom is -0.290 e. The van der Waals surface area contributed by atoms with Gasteiger partial charge in [-0.15, -0.1) is 0 Å². The highest BCUT2D eigenvalue weighted by Gasteiger charge is 2.22. The van der Waals surface area contributed by atoms with Crippen molar-refractivity contribution < 1.29 is 9.59 Å². The summed E-state index contributed by atoms with van der Waals surface area (Å²) in [4.78, 5) is 23.1. The van der Waals surface area contributed by atoms with Crippen LogP contribution in [0.15, 0.2) is 34.9 Å². The normalized spacial score (nSPS) is 17.2. The van der Waals surface area contributed by atoms with Gasteiger partial charge < -0.3 is 0 Å². The maximum absolute atomic E-state index is 11.7. The topological polar surface area (TPSA) is 34.1 Å². The lowest BCUT2D eigenvalue weighted by Gasteiger charge is -2.13. The molecule has 0 aliphatic heterocycles. The number of carbonyl (C=O) groups excluding carboxylic acids is 2. The summed E-state index contributed by atoms with van der Waals surface area (Å²) in [7, 11) is 0. The van der Waals surface area contributed by atoms with Crippen molar-refractivity contribution in [3.63, 3.8) is 0 Å². The molecule has 1 aliphatic rings. The van der Waals surface area contributed by atoms with Gasteiger partial charge >= 0.3 is 0 Å². The van der Waals surface area contributed by atoms with Crippen molar-refractivity contribution in [1.82, 2.24) is 0 Å². The Morgan fingerprint density at radius 2 is 1.86 bits per heavy atom. The lowest BCUT2D eigenvalue weighted by Crippen LogP contribution is -2.16. The molecule has 0 heterocycles. The Hall–Kier alpha value is -1.44. The summed E-state index contributed by atoms with van der Waals surface area (Å²) in [6, 6.07) is 0. The van der Waals surface area contributed by atoms with Crippen molar-refractivity contribution in [2.45, 2.75) is 27.2 Å². The van der Waals surface area contributed by atoms with E-state index in [1.807, 2.05) is 6.92 Å². The standard InChI is InChI=1S/C12H14O2/c1-7(2)5-10-6-11(13)8(3)9(4)12(10)14/h6H,1,5H2,2-4H3. The van der Waals surface area contributed by atoms with Crippen molar-refractivity contribution in [3.05, 3.63) is 34.9 Å². The zero-order chi connectivity index (χ0) is 10.9. The van der Waals surface area contributed by atoms with Crippen LogP contribution in [0.3, 0.4) is 0 Å². The largest absolute Gasteiger partial charge is 0.290 e. The number of Topliss-reactive ketones (excluding diaryl/α,β-unsaturated/α-hetero) is 1. The molecule has 0 fully saturated rings. The van der Waals surface area contributed by atoms with Gasteiger partial charge in [0.05, 0.1) is 0 Å². The third-order valence-corrected chi connectivity index (χ3v) is 2.36. The van der Waals surface area contributed by atoms with Crippen LogP contribution in [0, 0.1) is 0 Å². The number of rotatable bonds is 2. The molecule has 0 aromatic carbocycles. The van der Waals surface area contributed by atoms with E-state index in [1.165, 1.54) is 6.08 Å². The first-order valence-electron chi connectivity index (χ1n) is 4.55. The molecule has 0 aromatic rings. The number of hydrogen-bond donors (Lipinski definition) is 0. The van der Waals surface area contributed by atoms with Gasteiger partial charge in [-0.3, -0.25) is 9.59 Å². The van der Waals surface area contributed by atoms with Gasteiger partial charge in [0.1, 0.15) is 0 Å². The molecule has 14 heavy (non-hydrogen) atoms. The van der Waals surface area contributed by atoms with Crippen molar-refractivity contribution in [3.8, 4) is 0 Å². The molecule has 2 nitrogen and oxygen atoms in total. The second-order valence-electron chi connectivity index (χ2n) is 3.75. The third kappa shape index (κ3) is 1.90. The zero-order valence-electron chi connectivity index (χ0n) is 8.81. The van der Waals surface area contributed by atoms with E-state index < -0.39 is 0 Å². The Balaban J connectivity index is 3.03. The quantitative estimate of drug-likeness (QED) is 0.495. The fourth-order valence-electron chi connectivity index (χ4n) is 1.38. The van der Waals surface area contributed by atoms with Crippen molar-refractivity contribution in [2.75, 3.05) is 0 Å². The Morgan fingerprint density at radius 3 is 2.36 bits per heavy atom. The number of carbonyl (C=O) groups is 2. The lowest BCUT2D eigenvalue weighted by atomic mass is 9.88. The molecule has 0 radical (unpaired) electrons. The van der Waals surface area contributed by atoms with E-state index in [2.05, 4.69) is 6.58 Å². The fourth-order valence-corrected chi connectivity index (χ4v) is 1.38. The van der Waals surface area contributed by atoms with Crippen LogP contribution >= 0.6 is 0 Å². The number of hydrogen-bond acceptors (Lipinski definition) is 2. The van der Waals surface area contributed by atoms with Crippen LogP contribution in [0.4, 0.5) is 0 Å². The second kappa shape index (κ2) is 3.74. The van der Waals surface area contributed by atoms with Gasteiger partial charge in [-0.25, -0.2) is 0 Å². The molecule has 74 valence electrons. The average molecular weight is 190 g/mol. The van der Waals surface area contributed by atoms with Gasteiger partial charge in [0.2, 0.25) is 0 Å². The molecule has 0 saturated carbocycles. The van der Waals surface area contributed by atoms with E-state index in [0.717, 1.165) is 5.57 Å². The van der Waals surface area contributed by atoms with E-state index in [1.54, 1.807) is 13.8 Å². The molecular formula is C12H14O2. The highest BCUT2D eigenvalue weighted by Crippen LogP contribution is 2.22. The van der Waals surface area contributed by atoms with Gasteiger partial charge in [-0.05, 0) is 33.3 Å². The molecule has 2 heteroatoms. The zero-order valence-corrected chi connectivity index (χ0v) is 8.81. The molecular weight excluding hydrogens is 176 g/mol. The van der Waals surface area contributed by atoms with Crippen LogP contribution in [-0.4, -0.2) is 11.6 Å². The van der Waals surface area contributed by atoms with Crippen molar-refractivity contribution in [2.24, 2.45) is 0 Å². The molecule has 0 N–H and O–H groups in total. The summed E-state index contributed by atoms with van der Waals surface area (Å²) < 4.78 is 0. The maximum atomic E-state index is 11.7. The van der Waals surface area contributed by atoms with Gasteiger partial charge in [-0.1, -0.05) is 12.2 Å². The van der Waals surface area contributed by atoms with Gasteiger partial charge in [0.25, 0.3) is 0 Å². The Kier molecular flexibility index (Phi) is 2.84. The molecule has 0 aromatic heterocycles. The summed E-state index contributed by atoms with van der Waals surface area (Å²) in [5, 5.41) is 0. The molecule has 0 atom stereocenters. The molecule has 1 rings (SSSR count). The summed E-state index contributed by atoms with van der Waals surface area (Å²) in [5.74, 6) is -0.0801. The predicted molar refractivity (Wildman–Crippen MR) is 55.9 cm³/mol. The van der Waals surface area contributed by atoms with Crippen molar-refractivity contribution >= 4 is 11.6 Å². The third-order valence-electron chi connectivity index (χ3n) is 2.36. The van der Waals surface area contributed by atoms with E-state index in [4.69, 9.17) is 0 Å². The fraction of sp³-hybridized carbons (Fsp3) is 0.333. The first-order chi connectivity index (χ1) is 6.43. The molecule has 0 saturated heterocycles. The SMILES string of the molecule is C=C(C)CC1=CC(=O)C(C)=C(C)C1=O. The molecule has 1 aliphatic carbocycles. The summed E-state index contributed by atoms with van der Waals surface area (Å²) >= 11 is 0. The highest BCUT2D eigenvalue weighted by atomic mass is 16.1.